The van der Waals surface area contributed by atoms with Gasteiger partial charge in [0.05, 0.1) is 17.1 Å². The van der Waals surface area contributed by atoms with Gasteiger partial charge in [0.1, 0.15) is 5.82 Å². The molecule has 98 valence electrons. The van der Waals surface area contributed by atoms with Gasteiger partial charge in [0.2, 0.25) is 0 Å². The summed E-state index contributed by atoms with van der Waals surface area (Å²) >= 11 is 0. The standard InChI is InChI=1S/C14H22N4/c1-11(17(3)10-9-15-2)14-16-12-7-5-6-8-13(12)18(14)4/h5-8,11,15H,9-10H2,1-4H3. The van der Waals surface area contributed by atoms with E-state index in [0.717, 1.165) is 24.4 Å². The van der Waals surface area contributed by atoms with Crippen LogP contribution in [0.5, 0.6) is 0 Å². The summed E-state index contributed by atoms with van der Waals surface area (Å²) in [4.78, 5) is 7.06. The van der Waals surface area contributed by atoms with Crippen molar-refractivity contribution >= 4 is 11.0 Å². The second-order valence-corrected chi connectivity index (χ2v) is 4.78. The molecule has 0 amide bonds. The molecule has 1 N–H and O–H groups in total. The van der Waals surface area contributed by atoms with Crippen LogP contribution in [0.2, 0.25) is 0 Å². The van der Waals surface area contributed by atoms with E-state index in [1.807, 2.05) is 13.1 Å². The van der Waals surface area contributed by atoms with Crippen molar-refractivity contribution in [3.05, 3.63) is 30.1 Å². The first kappa shape index (κ1) is 13.1. The van der Waals surface area contributed by atoms with Crippen LogP contribution in [0.3, 0.4) is 0 Å². The van der Waals surface area contributed by atoms with Crippen molar-refractivity contribution in [1.29, 1.82) is 0 Å². The van der Waals surface area contributed by atoms with E-state index in [1.165, 1.54) is 5.52 Å². The molecule has 1 aromatic carbocycles. The van der Waals surface area contributed by atoms with Gasteiger partial charge in [0, 0.05) is 20.1 Å². The normalized spacial score (nSPS) is 13.4. The van der Waals surface area contributed by atoms with Crippen LogP contribution in [0.25, 0.3) is 11.0 Å². The van der Waals surface area contributed by atoms with E-state index in [4.69, 9.17) is 4.98 Å². The largest absolute Gasteiger partial charge is 0.330 e. The van der Waals surface area contributed by atoms with E-state index < -0.39 is 0 Å². The van der Waals surface area contributed by atoms with Crippen LogP contribution < -0.4 is 5.32 Å². The summed E-state index contributed by atoms with van der Waals surface area (Å²) in [5.74, 6) is 1.12. The van der Waals surface area contributed by atoms with E-state index in [2.05, 4.69) is 54.0 Å². The van der Waals surface area contributed by atoms with Gasteiger partial charge in [-0.2, -0.15) is 0 Å². The number of hydrogen-bond acceptors (Lipinski definition) is 3. The zero-order valence-corrected chi connectivity index (χ0v) is 11.6. The highest BCUT2D eigenvalue weighted by Gasteiger charge is 2.17. The van der Waals surface area contributed by atoms with E-state index in [0.29, 0.717) is 6.04 Å². The molecule has 1 heterocycles. The Morgan fingerprint density at radius 2 is 2.11 bits per heavy atom. The third-order valence-electron chi connectivity index (χ3n) is 3.57. The van der Waals surface area contributed by atoms with Crippen LogP contribution in [-0.4, -0.2) is 41.6 Å². The van der Waals surface area contributed by atoms with Crippen LogP contribution in [0.15, 0.2) is 24.3 Å². The molecule has 4 nitrogen and oxygen atoms in total. The first-order chi connectivity index (χ1) is 8.65. The Hall–Kier alpha value is -1.39. The summed E-state index contributed by atoms with van der Waals surface area (Å²) in [6.45, 7) is 4.21. The van der Waals surface area contributed by atoms with Crippen molar-refractivity contribution < 1.29 is 0 Å². The van der Waals surface area contributed by atoms with Gasteiger partial charge in [-0.25, -0.2) is 4.98 Å². The second-order valence-electron chi connectivity index (χ2n) is 4.78. The van der Waals surface area contributed by atoms with Crippen LogP contribution in [-0.2, 0) is 7.05 Å². The molecule has 0 aliphatic carbocycles. The maximum absolute atomic E-state index is 4.74. The smallest absolute Gasteiger partial charge is 0.126 e. The minimum absolute atomic E-state index is 0.316. The van der Waals surface area contributed by atoms with E-state index in [9.17, 15) is 0 Å². The van der Waals surface area contributed by atoms with Crippen molar-refractivity contribution in [2.24, 2.45) is 7.05 Å². The third-order valence-corrected chi connectivity index (χ3v) is 3.57. The van der Waals surface area contributed by atoms with Gasteiger partial charge in [-0.1, -0.05) is 12.1 Å². The lowest BCUT2D eigenvalue weighted by Gasteiger charge is -2.24. The molecule has 0 saturated heterocycles. The number of hydrogen-bond donors (Lipinski definition) is 1. The Balaban J connectivity index is 2.27. The Kier molecular flexibility index (Phi) is 3.99. The summed E-state index contributed by atoms with van der Waals surface area (Å²) in [5, 5.41) is 3.18. The number of aryl methyl sites for hydroxylation is 1. The summed E-state index contributed by atoms with van der Waals surface area (Å²) in [6, 6.07) is 8.60. The van der Waals surface area contributed by atoms with Gasteiger partial charge in [-0.15, -0.1) is 0 Å². The molecular formula is C14H22N4. The molecule has 1 atom stereocenters. The first-order valence-electron chi connectivity index (χ1n) is 6.41. The quantitative estimate of drug-likeness (QED) is 0.873. The molecule has 0 fully saturated rings. The maximum atomic E-state index is 4.74. The van der Waals surface area contributed by atoms with Gasteiger partial charge in [-0.05, 0) is 33.2 Å². The predicted octanol–water partition coefficient (Wildman–Crippen LogP) is 1.79. The lowest BCUT2D eigenvalue weighted by atomic mass is 10.3. The fraction of sp³-hybridized carbons (Fsp3) is 0.500. The van der Waals surface area contributed by atoms with Gasteiger partial charge < -0.3 is 9.88 Å². The average Bonchev–Trinajstić information content (AvgIpc) is 2.73. The van der Waals surface area contributed by atoms with Gasteiger partial charge in [-0.3, -0.25) is 4.90 Å². The Bertz CT molecular complexity index is 517. The third kappa shape index (κ3) is 2.40. The fourth-order valence-corrected chi connectivity index (χ4v) is 2.22. The minimum Gasteiger partial charge on any atom is -0.330 e. The van der Waals surface area contributed by atoms with Gasteiger partial charge in [0.15, 0.2) is 0 Å². The molecule has 4 heteroatoms. The number of likely N-dealkylation sites (N-methyl/N-ethyl adjacent to an activating group) is 2. The number of rotatable bonds is 5. The molecule has 0 saturated carbocycles. The SMILES string of the molecule is CNCCN(C)C(C)c1nc2ccccc2n1C. The molecule has 0 aliphatic heterocycles. The lowest BCUT2D eigenvalue weighted by Crippen LogP contribution is -2.31. The zero-order chi connectivity index (χ0) is 13.1. The molecule has 2 rings (SSSR count). The van der Waals surface area contributed by atoms with Crippen molar-refractivity contribution in [1.82, 2.24) is 19.8 Å². The molecular weight excluding hydrogens is 224 g/mol. The molecule has 0 spiro atoms. The Labute approximate surface area is 109 Å². The summed E-state index contributed by atoms with van der Waals surface area (Å²) in [7, 11) is 6.21. The number of benzene rings is 1. The molecule has 0 bridgehead atoms. The number of imidazole rings is 1. The highest BCUT2D eigenvalue weighted by Crippen LogP contribution is 2.22. The van der Waals surface area contributed by atoms with Crippen molar-refractivity contribution in [3.8, 4) is 0 Å². The monoisotopic (exact) mass is 246 g/mol. The lowest BCUT2D eigenvalue weighted by molar-refractivity contribution is 0.251. The van der Waals surface area contributed by atoms with Gasteiger partial charge >= 0.3 is 0 Å². The number of nitrogens with zero attached hydrogens (tertiary/aromatic N) is 3. The highest BCUT2D eigenvalue weighted by atomic mass is 15.2. The van der Waals surface area contributed by atoms with E-state index in [1.54, 1.807) is 0 Å². The maximum Gasteiger partial charge on any atom is 0.126 e. The summed E-state index contributed by atoms with van der Waals surface area (Å²) in [6.07, 6.45) is 0. The Morgan fingerprint density at radius 1 is 1.39 bits per heavy atom. The van der Waals surface area contributed by atoms with Crippen molar-refractivity contribution in [3.63, 3.8) is 0 Å². The molecule has 2 aromatic rings. The topological polar surface area (TPSA) is 33.1 Å². The van der Waals surface area contributed by atoms with Crippen LogP contribution in [0.4, 0.5) is 0 Å². The van der Waals surface area contributed by atoms with Crippen molar-refractivity contribution in [2.75, 3.05) is 27.2 Å². The molecule has 18 heavy (non-hydrogen) atoms. The Morgan fingerprint density at radius 3 is 2.78 bits per heavy atom. The molecule has 1 unspecified atom stereocenters. The summed E-state index contributed by atoms with van der Waals surface area (Å²) < 4.78 is 2.19. The molecule has 0 radical (unpaired) electrons. The minimum atomic E-state index is 0.316. The fourth-order valence-electron chi connectivity index (χ4n) is 2.22. The van der Waals surface area contributed by atoms with Gasteiger partial charge in [0.25, 0.3) is 0 Å². The summed E-state index contributed by atoms with van der Waals surface area (Å²) in [5.41, 5.74) is 2.27. The van der Waals surface area contributed by atoms with E-state index >= 15 is 0 Å². The van der Waals surface area contributed by atoms with E-state index in [-0.39, 0.29) is 0 Å². The van der Waals surface area contributed by atoms with Crippen LogP contribution in [0, 0.1) is 0 Å². The highest BCUT2D eigenvalue weighted by molar-refractivity contribution is 5.75. The number of nitrogens with one attached hydrogen (secondary N) is 1. The first-order valence-corrected chi connectivity index (χ1v) is 6.41. The van der Waals surface area contributed by atoms with Crippen molar-refractivity contribution in [2.45, 2.75) is 13.0 Å². The number of aromatic nitrogens is 2. The van der Waals surface area contributed by atoms with Crippen LogP contribution >= 0.6 is 0 Å². The second kappa shape index (κ2) is 5.50. The number of para-hydroxylation sites is 2. The van der Waals surface area contributed by atoms with Crippen LogP contribution in [0.1, 0.15) is 18.8 Å². The predicted molar refractivity (Wildman–Crippen MR) is 75.7 cm³/mol. The number of fused-ring (bicyclic) bond motifs is 1. The zero-order valence-electron chi connectivity index (χ0n) is 11.6. The molecule has 0 aliphatic rings. The average molecular weight is 246 g/mol. The molecule has 1 aromatic heterocycles.